The van der Waals surface area contributed by atoms with Crippen LogP contribution in [-0.4, -0.2) is 38.8 Å². The van der Waals surface area contributed by atoms with E-state index in [1.165, 1.54) is 11.1 Å². The van der Waals surface area contributed by atoms with E-state index in [9.17, 15) is 0 Å². The summed E-state index contributed by atoms with van der Waals surface area (Å²) in [6.45, 7) is 8.46. The summed E-state index contributed by atoms with van der Waals surface area (Å²) in [5.41, 5.74) is 2.90. The Labute approximate surface area is 163 Å². The molecule has 3 rings (SSSR count). The van der Waals surface area contributed by atoms with Crippen LogP contribution < -0.4 is 10.6 Å². The second-order valence-electron chi connectivity index (χ2n) is 7.59. The first-order valence-electron chi connectivity index (χ1n) is 9.90. The summed E-state index contributed by atoms with van der Waals surface area (Å²) < 4.78 is 5.33. The molecule has 0 amide bonds. The first-order valence-corrected chi connectivity index (χ1v) is 9.90. The largest absolute Gasteiger partial charge is 0.380 e. The van der Waals surface area contributed by atoms with Gasteiger partial charge in [0.15, 0.2) is 5.96 Å². The number of benzene rings is 2. The zero-order valence-corrected chi connectivity index (χ0v) is 16.4. The van der Waals surface area contributed by atoms with E-state index in [2.05, 4.69) is 85.1 Å². The van der Waals surface area contributed by atoms with Crippen molar-refractivity contribution in [2.45, 2.75) is 26.2 Å². The summed E-state index contributed by atoms with van der Waals surface area (Å²) in [5, 5.41) is 6.86. The monoisotopic (exact) mass is 365 g/mol. The highest BCUT2D eigenvalue weighted by molar-refractivity contribution is 5.79. The fraction of sp³-hybridized carbons (Fsp3) is 0.435. The van der Waals surface area contributed by atoms with Crippen LogP contribution in [0.4, 0.5) is 0 Å². The number of ether oxygens (including phenoxy) is 1. The zero-order chi connectivity index (χ0) is 19.0. The Hall–Kier alpha value is -2.33. The van der Waals surface area contributed by atoms with Gasteiger partial charge in [0.25, 0.3) is 0 Å². The van der Waals surface area contributed by atoms with Crippen molar-refractivity contribution >= 4 is 5.96 Å². The second-order valence-corrected chi connectivity index (χ2v) is 7.59. The van der Waals surface area contributed by atoms with Gasteiger partial charge in [-0.25, -0.2) is 0 Å². The molecule has 1 saturated heterocycles. The lowest BCUT2D eigenvalue weighted by Gasteiger charge is -2.36. The Bertz CT molecular complexity index is 671. The Kier molecular flexibility index (Phi) is 6.88. The zero-order valence-electron chi connectivity index (χ0n) is 16.4. The number of nitrogens with zero attached hydrogens (tertiary/aromatic N) is 1. The molecule has 2 aromatic carbocycles. The maximum absolute atomic E-state index is 5.33. The summed E-state index contributed by atoms with van der Waals surface area (Å²) in [7, 11) is 0. The molecule has 0 radical (unpaired) electrons. The molecule has 0 spiro atoms. The molecule has 0 aromatic heterocycles. The fourth-order valence-electron chi connectivity index (χ4n) is 3.38. The average molecular weight is 366 g/mol. The van der Waals surface area contributed by atoms with Crippen LogP contribution >= 0.6 is 0 Å². The molecule has 0 unspecified atom stereocenters. The maximum Gasteiger partial charge on any atom is 0.191 e. The molecule has 0 saturated carbocycles. The van der Waals surface area contributed by atoms with Crippen LogP contribution in [0.2, 0.25) is 0 Å². The van der Waals surface area contributed by atoms with Crippen LogP contribution in [0.15, 0.2) is 65.7 Å². The minimum absolute atomic E-state index is 0.193. The Morgan fingerprint density at radius 2 is 1.59 bits per heavy atom. The van der Waals surface area contributed by atoms with Crippen LogP contribution in [0.5, 0.6) is 0 Å². The van der Waals surface area contributed by atoms with Gasteiger partial charge in [-0.1, -0.05) is 67.6 Å². The number of aliphatic imine (C=N–C) groups is 1. The van der Waals surface area contributed by atoms with Crippen LogP contribution in [-0.2, 0) is 4.74 Å². The Morgan fingerprint density at radius 3 is 2.07 bits per heavy atom. The minimum Gasteiger partial charge on any atom is -0.380 e. The molecule has 2 aromatic rings. The Morgan fingerprint density at radius 1 is 1.00 bits per heavy atom. The first kappa shape index (κ1) is 19.4. The van der Waals surface area contributed by atoms with E-state index in [1.807, 2.05) is 0 Å². The molecule has 4 nitrogen and oxygen atoms in total. The van der Waals surface area contributed by atoms with Crippen LogP contribution in [0.3, 0.4) is 0 Å². The lowest BCUT2D eigenvalue weighted by atomic mass is 9.88. The molecule has 1 fully saturated rings. The molecular weight excluding hydrogens is 334 g/mol. The van der Waals surface area contributed by atoms with Gasteiger partial charge in [0.05, 0.1) is 19.8 Å². The van der Waals surface area contributed by atoms with E-state index in [4.69, 9.17) is 9.73 Å². The summed E-state index contributed by atoms with van der Waals surface area (Å²) >= 11 is 0. The van der Waals surface area contributed by atoms with Crippen LogP contribution in [0.1, 0.15) is 37.3 Å². The lowest BCUT2D eigenvalue weighted by Crippen LogP contribution is -2.44. The lowest BCUT2D eigenvalue weighted by molar-refractivity contribution is -0.0945. The molecule has 2 N–H and O–H groups in total. The third-order valence-electron chi connectivity index (χ3n) is 4.99. The van der Waals surface area contributed by atoms with Crippen molar-refractivity contribution in [2.24, 2.45) is 10.4 Å². The van der Waals surface area contributed by atoms with Gasteiger partial charge in [-0.3, -0.25) is 4.99 Å². The number of rotatable bonds is 8. The van der Waals surface area contributed by atoms with Gasteiger partial charge in [-0.15, -0.1) is 0 Å². The average Bonchev–Trinajstić information content (AvgIpc) is 2.69. The molecule has 144 valence electrons. The van der Waals surface area contributed by atoms with E-state index in [1.54, 1.807) is 0 Å². The molecule has 1 heterocycles. The van der Waals surface area contributed by atoms with E-state index in [-0.39, 0.29) is 5.41 Å². The molecular formula is C23H31N3O. The fourth-order valence-corrected chi connectivity index (χ4v) is 3.38. The number of guanidine groups is 1. The van der Waals surface area contributed by atoms with Crippen molar-refractivity contribution in [2.75, 3.05) is 32.8 Å². The SMILES string of the molecule is CCNC(=NCC1(C)COC1)NCCC(c1ccccc1)c1ccccc1. The summed E-state index contributed by atoms with van der Waals surface area (Å²) in [6, 6.07) is 21.5. The van der Waals surface area contributed by atoms with Gasteiger partial charge >= 0.3 is 0 Å². The minimum atomic E-state index is 0.193. The standard InChI is InChI=1S/C23H31N3O/c1-3-24-22(26-16-23(2)17-27-18-23)25-15-14-21(19-10-6-4-7-11-19)20-12-8-5-9-13-20/h4-13,21H,3,14-18H2,1-2H3,(H2,24,25,26). The van der Waals surface area contributed by atoms with Gasteiger partial charge in [-0.2, -0.15) is 0 Å². The van der Waals surface area contributed by atoms with Gasteiger partial charge in [0.1, 0.15) is 0 Å². The normalized spacial score (nSPS) is 16.0. The molecule has 0 bridgehead atoms. The maximum atomic E-state index is 5.33. The van der Waals surface area contributed by atoms with Crippen LogP contribution in [0, 0.1) is 5.41 Å². The van der Waals surface area contributed by atoms with Crippen molar-refractivity contribution in [3.05, 3.63) is 71.8 Å². The van der Waals surface area contributed by atoms with Gasteiger partial charge in [0.2, 0.25) is 0 Å². The smallest absolute Gasteiger partial charge is 0.191 e. The summed E-state index contributed by atoms with van der Waals surface area (Å²) in [4.78, 5) is 4.76. The van der Waals surface area contributed by atoms with Crippen molar-refractivity contribution in [1.82, 2.24) is 10.6 Å². The van der Waals surface area contributed by atoms with Gasteiger partial charge in [-0.05, 0) is 24.5 Å². The van der Waals surface area contributed by atoms with Crippen LogP contribution in [0.25, 0.3) is 0 Å². The third-order valence-corrected chi connectivity index (χ3v) is 4.99. The predicted octanol–water partition coefficient (Wildman–Crippen LogP) is 3.80. The summed E-state index contributed by atoms with van der Waals surface area (Å²) in [6.07, 6.45) is 1.01. The molecule has 4 heteroatoms. The Balaban J connectivity index is 1.63. The molecule has 0 aliphatic carbocycles. The quantitative estimate of drug-likeness (QED) is 0.552. The highest BCUT2D eigenvalue weighted by Gasteiger charge is 2.33. The number of hydrogen-bond acceptors (Lipinski definition) is 2. The van der Waals surface area contributed by atoms with E-state index in [0.717, 1.165) is 45.2 Å². The topological polar surface area (TPSA) is 45.7 Å². The van der Waals surface area contributed by atoms with Crippen molar-refractivity contribution in [3.63, 3.8) is 0 Å². The predicted molar refractivity (Wildman–Crippen MR) is 112 cm³/mol. The number of hydrogen-bond donors (Lipinski definition) is 2. The highest BCUT2D eigenvalue weighted by Crippen LogP contribution is 2.28. The second kappa shape index (κ2) is 9.56. The van der Waals surface area contributed by atoms with Gasteiger partial charge < -0.3 is 15.4 Å². The van der Waals surface area contributed by atoms with Gasteiger partial charge in [0, 0.05) is 24.4 Å². The molecule has 0 atom stereocenters. The van der Waals surface area contributed by atoms with E-state index < -0.39 is 0 Å². The first-order chi connectivity index (χ1) is 13.2. The molecule has 1 aliphatic rings. The summed E-state index contributed by atoms with van der Waals surface area (Å²) in [5.74, 6) is 1.27. The van der Waals surface area contributed by atoms with Crippen molar-refractivity contribution in [3.8, 4) is 0 Å². The van der Waals surface area contributed by atoms with E-state index >= 15 is 0 Å². The molecule has 1 aliphatic heterocycles. The van der Waals surface area contributed by atoms with Crippen molar-refractivity contribution < 1.29 is 4.74 Å². The molecule has 27 heavy (non-hydrogen) atoms. The highest BCUT2D eigenvalue weighted by atomic mass is 16.5. The number of nitrogens with one attached hydrogen (secondary N) is 2. The van der Waals surface area contributed by atoms with E-state index in [0.29, 0.717) is 5.92 Å². The third kappa shape index (κ3) is 5.57. The van der Waals surface area contributed by atoms with Crippen molar-refractivity contribution in [1.29, 1.82) is 0 Å².